The second-order valence-corrected chi connectivity index (χ2v) is 2.83. The van der Waals surface area contributed by atoms with Crippen molar-refractivity contribution in [2.75, 3.05) is 0 Å². The first-order chi connectivity index (χ1) is 7.68. The number of aryl methyl sites for hydroxylation is 1. The Morgan fingerprint density at radius 1 is 0.875 bits per heavy atom. The Morgan fingerprint density at radius 2 is 1.38 bits per heavy atom. The summed E-state index contributed by atoms with van der Waals surface area (Å²) in [5.41, 5.74) is 1.95. The Bertz CT molecular complexity index is 384. The number of hydrogen-bond acceptors (Lipinski definition) is 2. The molecule has 0 saturated carbocycles. The van der Waals surface area contributed by atoms with Crippen LogP contribution in [-0.2, 0) is 0 Å². The minimum absolute atomic E-state index is 0.293. The van der Waals surface area contributed by atoms with Crippen molar-refractivity contribution < 1.29 is 9.59 Å². The van der Waals surface area contributed by atoms with Crippen LogP contribution in [0.2, 0.25) is 0 Å². The van der Waals surface area contributed by atoms with Crippen LogP contribution in [0.5, 0.6) is 0 Å². The van der Waals surface area contributed by atoms with E-state index in [-0.39, 0.29) is 11.8 Å². The van der Waals surface area contributed by atoms with E-state index in [1.54, 1.807) is 12.1 Å². The predicted octanol–water partition coefficient (Wildman–Crippen LogP) is 2.93. The van der Waals surface area contributed by atoms with Gasteiger partial charge in [0.2, 0.25) is 0 Å². The van der Waals surface area contributed by atoms with Gasteiger partial charge in [-0.15, -0.1) is 0 Å². The zero-order valence-electron chi connectivity index (χ0n) is 10.5. The Kier molecular flexibility index (Phi) is 6.08. The van der Waals surface area contributed by atoms with Crippen molar-refractivity contribution >= 4 is 11.8 Å². The highest BCUT2D eigenvalue weighted by Crippen LogP contribution is 2.16. The van der Waals surface area contributed by atoms with Gasteiger partial charge in [0, 0.05) is 0 Å². The zero-order valence-corrected chi connectivity index (χ0v) is 10.5. The smallest absolute Gasteiger partial charge is 0.258 e. The highest BCUT2D eigenvalue weighted by atomic mass is 16.2. The lowest BCUT2D eigenvalue weighted by Gasteiger charge is -1.94. The largest absolute Gasteiger partial charge is 0.288 e. The molecular weight excluding hydrogens is 202 g/mol. The van der Waals surface area contributed by atoms with E-state index in [2.05, 4.69) is 5.32 Å². The summed E-state index contributed by atoms with van der Waals surface area (Å²) >= 11 is 0. The summed E-state index contributed by atoms with van der Waals surface area (Å²) in [5, 5.41) is 2.23. The van der Waals surface area contributed by atoms with E-state index in [0.717, 1.165) is 5.56 Å². The van der Waals surface area contributed by atoms with Crippen LogP contribution in [0.3, 0.4) is 0 Å². The first kappa shape index (κ1) is 14.4. The van der Waals surface area contributed by atoms with E-state index >= 15 is 0 Å². The number of imide groups is 1. The average molecular weight is 221 g/mol. The van der Waals surface area contributed by atoms with Gasteiger partial charge < -0.3 is 0 Å². The fourth-order valence-electron chi connectivity index (χ4n) is 1.28. The zero-order chi connectivity index (χ0) is 12.7. The second-order valence-electron chi connectivity index (χ2n) is 2.83. The van der Waals surface area contributed by atoms with Crippen LogP contribution in [0.25, 0.3) is 0 Å². The Hall–Kier alpha value is -1.64. The van der Waals surface area contributed by atoms with Crippen molar-refractivity contribution in [2.24, 2.45) is 0 Å². The molecule has 0 bridgehead atoms. The van der Waals surface area contributed by atoms with Crippen molar-refractivity contribution in [3.63, 3.8) is 0 Å². The van der Waals surface area contributed by atoms with E-state index in [9.17, 15) is 9.59 Å². The molecule has 0 spiro atoms. The average Bonchev–Trinajstić information content (AvgIpc) is 2.60. The molecule has 3 nitrogen and oxygen atoms in total. The summed E-state index contributed by atoms with van der Waals surface area (Å²) in [6.45, 7) is 9.89. The molecule has 1 aliphatic heterocycles. The van der Waals surface area contributed by atoms with Crippen LogP contribution in [0.15, 0.2) is 18.2 Å². The summed E-state index contributed by atoms with van der Waals surface area (Å²) in [6.07, 6.45) is 0. The maximum Gasteiger partial charge on any atom is 0.258 e. The molecule has 0 atom stereocenters. The lowest BCUT2D eigenvalue weighted by atomic mass is 10.1. The Balaban J connectivity index is 0.000000509. The summed E-state index contributed by atoms with van der Waals surface area (Å²) in [5.74, 6) is -0.589. The quantitative estimate of drug-likeness (QED) is 0.685. The van der Waals surface area contributed by atoms with Crippen molar-refractivity contribution in [3.05, 3.63) is 34.9 Å². The molecule has 0 radical (unpaired) electrons. The lowest BCUT2D eigenvalue weighted by molar-refractivity contribution is 0.0879. The maximum atomic E-state index is 11.1. The van der Waals surface area contributed by atoms with E-state index < -0.39 is 0 Å². The maximum absolute atomic E-state index is 11.1. The minimum Gasteiger partial charge on any atom is -0.288 e. The summed E-state index contributed by atoms with van der Waals surface area (Å²) in [7, 11) is 0. The van der Waals surface area contributed by atoms with Gasteiger partial charge >= 0.3 is 0 Å². The molecule has 1 aromatic rings. The van der Waals surface area contributed by atoms with Crippen LogP contribution in [0.4, 0.5) is 0 Å². The molecule has 2 amide bonds. The van der Waals surface area contributed by atoms with Gasteiger partial charge in [0.1, 0.15) is 0 Å². The van der Waals surface area contributed by atoms with Gasteiger partial charge in [-0.2, -0.15) is 0 Å². The van der Waals surface area contributed by atoms with Crippen LogP contribution < -0.4 is 5.32 Å². The number of fused-ring (bicyclic) bond motifs is 1. The monoisotopic (exact) mass is 221 g/mol. The molecule has 2 rings (SSSR count). The number of benzene rings is 1. The number of carbonyl (C=O) groups excluding carboxylic acids is 2. The van der Waals surface area contributed by atoms with Gasteiger partial charge in [-0.05, 0) is 19.1 Å². The van der Waals surface area contributed by atoms with Crippen molar-refractivity contribution in [1.82, 2.24) is 5.32 Å². The van der Waals surface area contributed by atoms with E-state index in [1.807, 2.05) is 40.7 Å². The van der Waals surface area contributed by atoms with E-state index in [1.165, 1.54) is 0 Å². The summed E-state index contributed by atoms with van der Waals surface area (Å²) in [4.78, 5) is 22.2. The number of nitrogens with one attached hydrogen (secondary N) is 1. The van der Waals surface area contributed by atoms with E-state index in [4.69, 9.17) is 0 Å². The first-order valence-electron chi connectivity index (χ1n) is 5.65. The number of rotatable bonds is 0. The second kappa shape index (κ2) is 6.77. The molecule has 0 unspecified atom stereocenters. The van der Waals surface area contributed by atoms with Gasteiger partial charge in [-0.1, -0.05) is 39.3 Å². The highest BCUT2D eigenvalue weighted by molar-refractivity contribution is 6.21. The molecule has 1 aromatic carbocycles. The topological polar surface area (TPSA) is 46.2 Å². The molecule has 0 aliphatic carbocycles. The molecule has 1 heterocycles. The molecule has 0 saturated heterocycles. The van der Waals surface area contributed by atoms with Gasteiger partial charge in [-0.25, -0.2) is 0 Å². The lowest BCUT2D eigenvalue weighted by Crippen LogP contribution is -2.19. The number of carbonyl (C=O) groups is 2. The highest BCUT2D eigenvalue weighted by Gasteiger charge is 2.25. The fourth-order valence-corrected chi connectivity index (χ4v) is 1.28. The summed E-state index contributed by atoms with van der Waals surface area (Å²) < 4.78 is 0. The van der Waals surface area contributed by atoms with Crippen LogP contribution >= 0.6 is 0 Å². The summed E-state index contributed by atoms with van der Waals surface area (Å²) in [6, 6.07) is 5.21. The predicted molar refractivity (Wildman–Crippen MR) is 65.7 cm³/mol. The standard InChI is InChI=1S/C9H7NO2.2C2H6/c1-5-2-3-6-7(4-5)9(12)10-8(6)11;2*1-2/h2-4H,1H3,(H,10,11,12);2*1-2H3. The SMILES string of the molecule is CC.CC.Cc1ccc2c(c1)C(=O)NC2=O. The molecule has 0 fully saturated rings. The molecule has 1 N–H and O–H groups in total. The molecule has 1 aliphatic rings. The van der Waals surface area contributed by atoms with Crippen molar-refractivity contribution in [1.29, 1.82) is 0 Å². The third-order valence-electron chi connectivity index (χ3n) is 1.89. The minimum atomic E-state index is -0.296. The Labute approximate surface area is 96.9 Å². The Morgan fingerprint density at radius 3 is 1.94 bits per heavy atom. The number of hydrogen-bond donors (Lipinski definition) is 1. The van der Waals surface area contributed by atoms with Crippen molar-refractivity contribution in [2.45, 2.75) is 34.6 Å². The number of amides is 2. The molecular formula is C13H19NO2. The van der Waals surface area contributed by atoms with Gasteiger partial charge in [0.05, 0.1) is 11.1 Å². The molecule has 88 valence electrons. The first-order valence-corrected chi connectivity index (χ1v) is 5.65. The third-order valence-corrected chi connectivity index (χ3v) is 1.89. The molecule has 0 aromatic heterocycles. The van der Waals surface area contributed by atoms with Gasteiger partial charge in [0.25, 0.3) is 11.8 Å². The fraction of sp³-hybridized carbons (Fsp3) is 0.385. The normalized spacial score (nSPS) is 11.6. The molecule has 3 heteroatoms. The van der Waals surface area contributed by atoms with Crippen molar-refractivity contribution in [3.8, 4) is 0 Å². The van der Waals surface area contributed by atoms with Gasteiger partial charge in [0.15, 0.2) is 0 Å². The third kappa shape index (κ3) is 2.92. The molecule has 16 heavy (non-hydrogen) atoms. The van der Waals surface area contributed by atoms with Crippen LogP contribution in [0.1, 0.15) is 54.0 Å². The van der Waals surface area contributed by atoms with Gasteiger partial charge in [-0.3, -0.25) is 14.9 Å². The van der Waals surface area contributed by atoms with E-state index in [0.29, 0.717) is 11.1 Å². The van der Waals surface area contributed by atoms with Crippen LogP contribution in [-0.4, -0.2) is 11.8 Å². The van der Waals surface area contributed by atoms with Crippen LogP contribution in [0, 0.1) is 6.92 Å².